The van der Waals surface area contributed by atoms with Crippen LogP contribution in [-0.2, 0) is 14.4 Å². The topological polar surface area (TPSA) is 69.7 Å². The lowest BCUT2D eigenvalue weighted by molar-refractivity contribution is -0.153. The van der Waals surface area contributed by atoms with Crippen LogP contribution in [0.15, 0.2) is 0 Å². The van der Waals surface area contributed by atoms with E-state index >= 15 is 0 Å². The maximum Gasteiger partial charge on any atom is 0.246 e. The Labute approximate surface area is 106 Å². The van der Waals surface area contributed by atoms with Crippen LogP contribution in [0.5, 0.6) is 0 Å². The maximum atomic E-state index is 12.0. The van der Waals surface area contributed by atoms with Crippen LogP contribution >= 0.6 is 0 Å². The fourth-order valence-corrected chi connectivity index (χ4v) is 2.32. The zero-order valence-electron chi connectivity index (χ0n) is 10.6. The predicted octanol–water partition coefficient (Wildman–Crippen LogP) is -0.654. The molecule has 0 spiro atoms. The molecule has 3 amide bonds. The van der Waals surface area contributed by atoms with Crippen LogP contribution in [0.25, 0.3) is 0 Å². The first-order valence-electron chi connectivity index (χ1n) is 6.45. The molecule has 0 radical (unpaired) electrons. The highest BCUT2D eigenvalue weighted by atomic mass is 16.2. The Morgan fingerprint density at radius 3 is 2.61 bits per heavy atom. The minimum absolute atomic E-state index is 0.107. The number of carbonyl (C=O) groups excluding carboxylic acids is 3. The Balaban J connectivity index is 1.96. The second-order valence-corrected chi connectivity index (χ2v) is 4.86. The van der Waals surface area contributed by atoms with Gasteiger partial charge in [0.25, 0.3) is 0 Å². The van der Waals surface area contributed by atoms with Gasteiger partial charge >= 0.3 is 0 Å². The van der Waals surface area contributed by atoms with Crippen LogP contribution in [0.1, 0.15) is 26.2 Å². The monoisotopic (exact) mass is 253 g/mol. The number of nitrogens with zero attached hydrogens (tertiary/aromatic N) is 2. The van der Waals surface area contributed by atoms with Gasteiger partial charge in [0.2, 0.25) is 17.7 Å². The van der Waals surface area contributed by atoms with Crippen LogP contribution in [0, 0.1) is 0 Å². The molecule has 6 heteroatoms. The van der Waals surface area contributed by atoms with Crippen molar-refractivity contribution in [3.05, 3.63) is 0 Å². The van der Waals surface area contributed by atoms with E-state index in [0.717, 1.165) is 37.3 Å². The average Bonchev–Trinajstić information content (AvgIpc) is 2.40. The molecule has 1 N–H and O–H groups in total. The van der Waals surface area contributed by atoms with Gasteiger partial charge in [0.1, 0.15) is 6.54 Å². The van der Waals surface area contributed by atoms with Crippen molar-refractivity contribution in [3.8, 4) is 0 Å². The molecule has 1 unspecified atom stereocenters. The van der Waals surface area contributed by atoms with Gasteiger partial charge in [-0.3, -0.25) is 24.6 Å². The second-order valence-electron chi connectivity index (χ2n) is 4.86. The van der Waals surface area contributed by atoms with Crippen molar-refractivity contribution < 1.29 is 14.4 Å². The lowest BCUT2D eigenvalue weighted by Gasteiger charge is -2.32. The highest BCUT2D eigenvalue weighted by molar-refractivity contribution is 6.03. The van der Waals surface area contributed by atoms with E-state index in [0.29, 0.717) is 0 Å². The van der Waals surface area contributed by atoms with Crippen LogP contribution in [0.4, 0.5) is 0 Å². The molecular formula is C12H19N3O3. The molecule has 2 fully saturated rings. The average molecular weight is 253 g/mol. The first kappa shape index (κ1) is 13.0. The molecule has 2 saturated heterocycles. The molecular weight excluding hydrogens is 234 g/mol. The number of piperazine rings is 1. The summed E-state index contributed by atoms with van der Waals surface area (Å²) in [5.74, 6) is -0.745. The van der Waals surface area contributed by atoms with Gasteiger partial charge in [-0.1, -0.05) is 0 Å². The predicted molar refractivity (Wildman–Crippen MR) is 64.6 cm³/mol. The molecule has 2 aliphatic rings. The fraction of sp³-hybridized carbons (Fsp3) is 0.750. The molecule has 0 aliphatic carbocycles. The van der Waals surface area contributed by atoms with Gasteiger partial charge in [0.05, 0.1) is 12.6 Å². The molecule has 1 atom stereocenters. The van der Waals surface area contributed by atoms with Crippen LogP contribution in [0.3, 0.4) is 0 Å². The molecule has 100 valence electrons. The third kappa shape index (κ3) is 2.69. The molecule has 0 aromatic carbocycles. The molecule has 18 heavy (non-hydrogen) atoms. The number of rotatable bonds is 2. The highest BCUT2D eigenvalue weighted by Gasteiger charge is 2.33. The van der Waals surface area contributed by atoms with E-state index in [9.17, 15) is 14.4 Å². The Kier molecular flexibility index (Phi) is 3.96. The minimum Gasteiger partial charge on any atom is -0.341 e. The van der Waals surface area contributed by atoms with Gasteiger partial charge < -0.3 is 4.90 Å². The number of imide groups is 1. The third-order valence-corrected chi connectivity index (χ3v) is 3.50. The van der Waals surface area contributed by atoms with Gasteiger partial charge in [-0.25, -0.2) is 0 Å². The number of carbonyl (C=O) groups is 3. The minimum atomic E-state index is -0.392. The van der Waals surface area contributed by atoms with Crippen molar-refractivity contribution in [2.75, 3.05) is 26.2 Å². The van der Waals surface area contributed by atoms with E-state index in [1.807, 2.05) is 0 Å². The lowest BCUT2D eigenvalue weighted by atomic mass is 10.1. The Hall–Kier alpha value is -1.43. The summed E-state index contributed by atoms with van der Waals surface area (Å²) in [6, 6.07) is -0.392. The van der Waals surface area contributed by atoms with Gasteiger partial charge in [-0.15, -0.1) is 0 Å². The highest BCUT2D eigenvalue weighted by Crippen LogP contribution is 2.10. The standard InChI is InChI=1S/C12H19N3O3/c1-9-12(18)15(10(16)7-13-9)8-11(17)14-5-3-2-4-6-14/h9,13H,2-8H2,1H3. The van der Waals surface area contributed by atoms with Crippen molar-refractivity contribution in [1.29, 1.82) is 0 Å². The van der Waals surface area contributed by atoms with Crippen molar-refractivity contribution >= 4 is 17.7 Å². The van der Waals surface area contributed by atoms with E-state index in [1.54, 1.807) is 11.8 Å². The number of piperidine rings is 1. The van der Waals surface area contributed by atoms with E-state index in [1.165, 1.54) is 0 Å². The SMILES string of the molecule is CC1NCC(=O)N(CC(=O)N2CCCCC2)C1=O. The second kappa shape index (κ2) is 5.48. The summed E-state index contributed by atoms with van der Waals surface area (Å²) in [5, 5.41) is 2.80. The van der Waals surface area contributed by atoms with Gasteiger partial charge in [-0.05, 0) is 26.2 Å². The molecule has 2 rings (SSSR count). The zero-order chi connectivity index (χ0) is 13.1. The summed E-state index contributed by atoms with van der Waals surface area (Å²) in [6.45, 7) is 3.20. The maximum absolute atomic E-state index is 12.0. The molecule has 0 saturated carbocycles. The summed E-state index contributed by atoms with van der Waals surface area (Å²) in [7, 11) is 0. The summed E-state index contributed by atoms with van der Waals surface area (Å²) in [6.07, 6.45) is 3.16. The quantitative estimate of drug-likeness (QED) is 0.664. The number of nitrogens with one attached hydrogen (secondary N) is 1. The fourth-order valence-electron chi connectivity index (χ4n) is 2.32. The zero-order valence-corrected chi connectivity index (χ0v) is 10.6. The number of hydrogen-bond acceptors (Lipinski definition) is 4. The molecule has 2 heterocycles. The normalized spacial score (nSPS) is 25.5. The Morgan fingerprint density at radius 1 is 1.28 bits per heavy atom. The summed E-state index contributed by atoms with van der Waals surface area (Å²) < 4.78 is 0. The molecule has 0 aromatic heterocycles. The lowest BCUT2D eigenvalue weighted by Crippen LogP contribution is -2.59. The van der Waals surface area contributed by atoms with Crippen molar-refractivity contribution in [2.45, 2.75) is 32.2 Å². The largest absolute Gasteiger partial charge is 0.341 e. The van der Waals surface area contributed by atoms with Crippen LogP contribution < -0.4 is 5.32 Å². The van der Waals surface area contributed by atoms with E-state index in [2.05, 4.69) is 5.32 Å². The molecule has 0 aromatic rings. The summed E-state index contributed by atoms with van der Waals surface area (Å²) >= 11 is 0. The summed E-state index contributed by atoms with van der Waals surface area (Å²) in [5.41, 5.74) is 0. The van der Waals surface area contributed by atoms with E-state index in [4.69, 9.17) is 0 Å². The van der Waals surface area contributed by atoms with Crippen molar-refractivity contribution in [3.63, 3.8) is 0 Å². The Morgan fingerprint density at radius 2 is 1.94 bits per heavy atom. The van der Waals surface area contributed by atoms with E-state index < -0.39 is 6.04 Å². The van der Waals surface area contributed by atoms with Crippen molar-refractivity contribution in [1.82, 2.24) is 15.1 Å². The van der Waals surface area contributed by atoms with E-state index in [-0.39, 0.29) is 30.8 Å². The Bertz CT molecular complexity index is 364. The molecule has 6 nitrogen and oxygen atoms in total. The van der Waals surface area contributed by atoms with Gasteiger partial charge in [-0.2, -0.15) is 0 Å². The van der Waals surface area contributed by atoms with Crippen LogP contribution in [0.2, 0.25) is 0 Å². The molecule has 0 bridgehead atoms. The number of amides is 3. The van der Waals surface area contributed by atoms with Gasteiger partial charge in [0, 0.05) is 13.1 Å². The van der Waals surface area contributed by atoms with Crippen molar-refractivity contribution in [2.24, 2.45) is 0 Å². The van der Waals surface area contributed by atoms with Gasteiger partial charge in [0.15, 0.2) is 0 Å². The third-order valence-electron chi connectivity index (χ3n) is 3.50. The first-order chi connectivity index (χ1) is 8.59. The molecule has 2 aliphatic heterocycles. The number of likely N-dealkylation sites (tertiary alicyclic amines) is 1. The number of hydrogen-bond donors (Lipinski definition) is 1. The van der Waals surface area contributed by atoms with Crippen LogP contribution in [-0.4, -0.2) is 59.7 Å². The first-order valence-corrected chi connectivity index (χ1v) is 6.45. The summed E-state index contributed by atoms with van der Waals surface area (Å²) in [4.78, 5) is 38.3. The smallest absolute Gasteiger partial charge is 0.246 e.